The second kappa shape index (κ2) is 9.65. The number of pyridine rings is 2. The molecule has 14 heteroatoms. The molecule has 0 radical (unpaired) electrons. The van der Waals surface area contributed by atoms with E-state index < -0.39 is 49.0 Å². The van der Waals surface area contributed by atoms with Crippen LogP contribution in [0.15, 0.2) is 30.6 Å². The lowest BCUT2D eigenvalue weighted by atomic mass is 9.98. The third-order valence-electron chi connectivity index (χ3n) is 4.92. The van der Waals surface area contributed by atoms with Crippen molar-refractivity contribution < 1.29 is 41.0 Å². The van der Waals surface area contributed by atoms with Gasteiger partial charge in [-0.25, -0.2) is 23.5 Å². The number of halogens is 5. The molecule has 0 aliphatic carbocycles. The number of rotatable bonds is 6. The second-order valence-corrected chi connectivity index (χ2v) is 7.55. The number of anilines is 2. The summed E-state index contributed by atoms with van der Waals surface area (Å²) in [6, 6.07) is 2.41. The Morgan fingerprint density at radius 1 is 1.26 bits per heavy atom. The van der Waals surface area contributed by atoms with E-state index in [1.165, 1.54) is 19.2 Å². The minimum atomic E-state index is -4.90. The number of nitrogens with one attached hydrogen (secondary N) is 1. The summed E-state index contributed by atoms with van der Waals surface area (Å²) in [6.07, 6.45) is -4.23. The van der Waals surface area contributed by atoms with Crippen molar-refractivity contribution in [2.75, 3.05) is 18.5 Å². The van der Waals surface area contributed by atoms with Gasteiger partial charge in [-0.05, 0) is 31.0 Å². The standard InChI is InChI=1S/C20H20F5N5O4/c1-11-8-28-16(29-15-6-13(3-5-27-15)34-20(23,24)25)7-14(11)17(31)30-10-19(21,22)4-2-12(30)9-33-18(26)32/h3,5-8,12H,2,4,9-10H2,1H3,(H2,26,32)(H,27,28,29)/t12-/m1/s1. The highest BCUT2D eigenvalue weighted by Gasteiger charge is 2.43. The lowest BCUT2D eigenvalue weighted by molar-refractivity contribution is -0.274. The lowest BCUT2D eigenvalue weighted by Gasteiger charge is -2.39. The fraction of sp³-hybridized carbons (Fsp3) is 0.400. The van der Waals surface area contributed by atoms with Crippen molar-refractivity contribution in [3.8, 4) is 5.75 Å². The fourth-order valence-electron chi connectivity index (χ4n) is 3.37. The maximum atomic E-state index is 14.1. The SMILES string of the molecule is Cc1cnc(Nc2cc(OC(F)(F)F)ccn2)cc1C(=O)N1CC(F)(F)CC[C@@H]1COC(N)=O. The molecule has 0 spiro atoms. The minimum Gasteiger partial charge on any atom is -0.448 e. The summed E-state index contributed by atoms with van der Waals surface area (Å²) >= 11 is 0. The first-order valence-electron chi connectivity index (χ1n) is 9.89. The normalized spacial score (nSPS) is 17.7. The quantitative estimate of drug-likeness (QED) is 0.593. The Kier molecular flexibility index (Phi) is 7.07. The number of amides is 2. The number of alkyl halides is 5. The molecule has 0 saturated carbocycles. The number of piperidine rings is 1. The Morgan fingerprint density at radius 2 is 1.97 bits per heavy atom. The zero-order chi connectivity index (χ0) is 25.1. The van der Waals surface area contributed by atoms with E-state index in [1.54, 1.807) is 0 Å². The van der Waals surface area contributed by atoms with Gasteiger partial charge >= 0.3 is 12.5 Å². The van der Waals surface area contributed by atoms with E-state index >= 15 is 0 Å². The number of carbonyl (C=O) groups is 2. The van der Waals surface area contributed by atoms with Crippen LogP contribution in [-0.4, -0.2) is 58.3 Å². The molecular weight excluding hydrogens is 469 g/mol. The van der Waals surface area contributed by atoms with Crippen LogP contribution in [0.4, 0.5) is 38.4 Å². The molecule has 3 heterocycles. The molecule has 34 heavy (non-hydrogen) atoms. The second-order valence-electron chi connectivity index (χ2n) is 7.55. The van der Waals surface area contributed by atoms with Gasteiger partial charge in [-0.3, -0.25) is 4.79 Å². The van der Waals surface area contributed by atoms with Gasteiger partial charge in [0.1, 0.15) is 24.0 Å². The summed E-state index contributed by atoms with van der Waals surface area (Å²) in [7, 11) is 0. The largest absolute Gasteiger partial charge is 0.573 e. The molecule has 1 fully saturated rings. The molecular formula is C20H20F5N5O4. The van der Waals surface area contributed by atoms with Gasteiger partial charge < -0.3 is 25.4 Å². The molecule has 3 rings (SSSR count). The van der Waals surface area contributed by atoms with Gasteiger partial charge in [0.15, 0.2) is 0 Å². The zero-order valence-electron chi connectivity index (χ0n) is 17.7. The Morgan fingerprint density at radius 3 is 2.65 bits per heavy atom. The number of primary amides is 1. The lowest BCUT2D eigenvalue weighted by Crippen LogP contribution is -2.53. The number of aromatic nitrogens is 2. The van der Waals surface area contributed by atoms with Crippen LogP contribution >= 0.6 is 0 Å². The van der Waals surface area contributed by atoms with Gasteiger partial charge in [-0.1, -0.05) is 0 Å². The average Bonchev–Trinajstić information content (AvgIpc) is 2.72. The number of aryl methyl sites for hydroxylation is 1. The van der Waals surface area contributed by atoms with Crippen LogP contribution < -0.4 is 15.8 Å². The van der Waals surface area contributed by atoms with Crippen molar-refractivity contribution in [2.24, 2.45) is 5.73 Å². The molecule has 184 valence electrons. The maximum Gasteiger partial charge on any atom is 0.573 e. The van der Waals surface area contributed by atoms with Crippen molar-refractivity contribution in [2.45, 2.75) is 38.1 Å². The molecule has 1 aliphatic heterocycles. The van der Waals surface area contributed by atoms with Crippen LogP contribution in [0.3, 0.4) is 0 Å². The summed E-state index contributed by atoms with van der Waals surface area (Å²) < 4.78 is 74.0. The Labute approximate surface area is 190 Å². The van der Waals surface area contributed by atoms with Crippen molar-refractivity contribution in [3.63, 3.8) is 0 Å². The topological polar surface area (TPSA) is 120 Å². The van der Waals surface area contributed by atoms with E-state index in [1.807, 2.05) is 0 Å². The first kappa shape index (κ1) is 24.9. The van der Waals surface area contributed by atoms with E-state index in [0.717, 1.165) is 23.2 Å². The number of carbonyl (C=O) groups excluding carboxylic acids is 2. The van der Waals surface area contributed by atoms with Gasteiger partial charge in [-0.15, -0.1) is 13.2 Å². The molecule has 0 bridgehead atoms. The molecule has 0 unspecified atom stereocenters. The van der Waals surface area contributed by atoms with Crippen molar-refractivity contribution in [3.05, 3.63) is 41.7 Å². The molecule has 9 nitrogen and oxygen atoms in total. The van der Waals surface area contributed by atoms with Gasteiger partial charge in [0.2, 0.25) is 0 Å². The van der Waals surface area contributed by atoms with E-state index in [9.17, 15) is 31.5 Å². The number of ether oxygens (including phenoxy) is 2. The third-order valence-corrected chi connectivity index (χ3v) is 4.92. The van der Waals surface area contributed by atoms with Crippen LogP contribution in [-0.2, 0) is 4.74 Å². The van der Waals surface area contributed by atoms with Gasteiger partial charge in [0.25, 0.3) is 11.8 Å². The third kappa shape index (κ3) is 6.65. The van der Waals surface area contributed by atoms with E-state index in [2.05, 4.69) is 20.0 Å². The van der Waals surface area contributed by atoms with E-state index in [-0.39, 0.29) is 30.2 Å². The predicted molar refractivity (Wildman–Crippen MR) is 108 cm³/mol. The summed E-state index contributed by atoms with van der Waals surface area (Å²) in [5.74, 6) is -4.46. The van der Waals surface area contributed by atoms with E-state index in [4.69, 9.17) is 10.5 Å². The monoisotopic (exact) mass is 489 g/mol. The summed E-state index contributed by atoms with van der Waals surface area (Å²) in [5.41, 5.74) is 5.33. The van der Waals surface area contributed by atoms with Gasteiger partial charge in [-0.2, -0.15) is 0 Å². The molecule has 2 amide bonds. The van der Waals surface area contributed by atoms with Crippen molar-refractivity contribution in [1.82, 2.24) is 14.9 Å². The van der Waals surface area contributed by atoms with Crippen LogP contribution in [0.25, 0.3) is 0 Å². The molecule has 2 aromatic heterocycles. The van der Waals surface area contributed by atoms with Crippen molar-refractivity contribution >= 4 is 23.6 Å². The highest BCUT2D eigenvalue weighted by Crippen LogP contribution is 2.32. The highest BCUT2D eigenvalue weighted by atomic mass is 19.4. The zero-order valence-corrected chi connectivity index (χ0v) is 17.7. The number of nitrogens with two attached hydrogens (primary N) is 1. The number of hydrogen-bond acceptors (Lipinski definition) is 7. The number of nitrogens with zero attached hydrogens (tertiary/aromatic N) is 3. The molecule has 3 N–H and O–H groups in total. The summed E-state index contributed by atoms with van der Waals surface area (Å²) in [4.78, 5) is 33.0. The smallest absolute Gasteiger partial charge is 0.448 e. The fourth-order valence-corrected chi connectivity index (χ4v) is 3.37. The molecule has 1 aliphatic rings. The van der Waals surface area contributed by atoms with Gasteiger partial charge in [0.05, 0.1) is 12.6 Å². The number of likely N-dealkylation sites (tertiary alicyclic amines) is 1. The molecule has 1 saturated heterocycles. The van der Waals surface area contributed by atoms with Crippen LogP contribution in [0.2, 0.25) is 0 Å². The number of hydrogen-bond donors (Lipinski definition) is 2. The summed E-state index contributed by atoms with van der Waals surface area (Å²) in [6.45, 7) is 0.306. The minimum absolute atomic E-state index is 0.0157. The molecule has 1 atom stereocenters. The van der Waals surface area contributed by atoms with E-state index in [0.29, 0.717) is 5.56 Å². The molecule has 2 aromatic rings. The highest BCUT2D eigenvalue weighted by molar-refractivity contribution is 5.96. The maximum absolute atomic E-state index is 14.1. The van der Waals surface area contributed by atoms with Gasteiger partial charge in [0, 0.05) is 30.4 Å². The average molecular weight is 489 g/mol. The molecule has 0 aromatic carbocycles. The first-order valence-corrected chi connectivity index (χ1v) is 9.89. The van der Waals surface area contributed by atoms with Crippen molar-refractivity contribution in [1.29, 1.82) is 0 Å². The van der Waals surface area contributed by atoms with Crippen LogP contribution in [0.1, 0.15) is 28.8 Å². The Bertz CT molecular complexity index is 1070. The first-order chi connectivity index (χ1) is 15.8. The predicted octanol–water partition coefficient (Wildman–Crippen LogP) is 3.76. The Hall–Kier alpha value is -3.71. The summed E-state index contributed by atoms with van der Waals surface area (Å²) in [5, 5.41) is 2.65. The van der Waals surface area contributed by atoms with Crippen LogP contribution in [0.5, 0.6) is 5.75 Å². The Balaban J connectivity index is 1.83. The van der Waals surface area contributed by atoms with Crippen LogP contribution in [0, 0.1) is 6.92 Å².